The molecule has 154 valence electrons. The molecule has 0 aliphatic rings. The van der Waals surface area contributed by atoms with Crippen LogP contribution in [0.2, 0.25) is 0 Å². The zero-order valence-corrected chi connectivity index (χ0v) is 17.1. The van der Waals surface area contributed by atoms with Crippen molar-refractivity contribution >= 4 is 17.5 Å². The van der Waals surface area contributed by atoms with E-state index in [9.17, 15) is 9.18 Å². The van der Waals surface area contributed by atoms with Crippen LogP contribution in [0.25, 0.3) is 0 Å². The molecule has 0 spiro atoms. The number of aromatic nitrogens is 1. The average Bonchev–Trinajstić information content (AvgIpc) is 2.77. The molecule has 0 fully saturated rings. The van der Waals surface area contributed by atoms with Gasteiger partial charge in [-0.05, 0) is 30.7 Å². The van der Waals surface area contributed by atoms with Crippen molar-refractivity contribution in [2.24, 2.45) is 10.7 Å². The first-order valence-corrected chi connectivity index (χ1v) is 9.16. The molecular weight excluding hydrogens is 383 g/mol. The maximum atomic E-state index is 14.5. The Balaban J connectivity index is 2.54. The maximum Gasteiger partial charge on any atom is 0.340 e. The Hall–Kier alpha value is -3.92. The Morgan fingerprint density at radius 3 is 2.70 bits per heavy atom. The second kappa shape index (κ2) is 10.6. The van der Waals surface area contributed by atoms with Gasteiger partial charge in [0.2, 0.25) is 0 Å². The number of hydrogen-bond donors (Lipinski definition) is 2. The Kier molecular flexibility index (Phi) is 7.89. The molecule has 2 rings (SSSR count). The van der Waals surface area contributed by atoms with Crippen molar-refractivity contribution < 1.29 is 13.9 Å². The van der Waals surface area contributed by atoms with E-state index in [1.165, 1.54) is 25.4 Å². The van der Waals surface area contributed by atoms with Gasteiger partial charge < -0.3 is 15.8 Å². The van der Waals surface area contributed by atoms with Crippen LogP contribution in [0.3, 0.4) is 0 Å². The highest BCUT2D eigenvalue weighted by molar-refractivity contribution is 6.16. The van der Waals surface area contributed by atoms with Gasteiger partial charge in [-0.2, -0.15) is 0 Å². The molecular formula is C23H23FN4O2. The van der Waals surface area contributed by atoms with Crippen LogP contribution in [-0.4, -0.2) is 30.8 Å². The summed E-state index contributed by atoms with van der Waals surface area (Å²) in [5.74, 6) is 5.27. The monoisotopic (exact) mass is 406 g/mol. The third-order valence-electron chi connectivity index (χ3n) is 4.16. The van der Waals surface area contributed by atoms with Crippen molar-refractivity contribution in [3.63, 3.8) is 0 Å². The molecule has 1 heterocycles. The second-order valence-electron chi connectivity index (χ2n) is 6.03. The number of esters is 1. The highest BCUT2D eigenvalue weighted by atomic mass is 19.1. The van der Waals surface area contributed by atoms with E-state index >= 15 is 0 Å². The summed E-state index contributed by atoms with van der Waals surface area (Å²) in [5, 5.41) is 2.94. The van der Waals surface area contributed by atoms with Crippen molar-refractivity contribution in [1.82, 2.24) is 4.98 Å². The van der Waals surface area contributed by atoms with Gasteiger partial charge in [0.25, 0.3) is 0 Å². The lowest BCUT2D eigenvalue weighted by Gasteiger charge is -2.10. The smallest absolute Gasteiger partial charge is 0.340 e. The molecule has 0 aliphatic heterocycles. The van der Waals surface area contributed by atoms with Crippen LogP contribution in [0.1, 0.15) is 34.8 Å². The van der Waals surface area contributed by atoms with Gasteiger partial charge in [-0.1, -0.05) is 31.4 Å². The lowest BCUT2D eigenvalue weighted by molar-refractivity contribution is 0.0595. The molecule has 0 atom stereocenters. The zero-order chi connectivity index (χ0) is 22.1. The summed E-state index contributed by atoms with van der Waals surface area (Å²) in [5.41, 5.74) is 8.40. The van der Waals surface area contributed by atoms with Crippen molar-refractivity contribution in [2.75, 3.05) is 19.5 Å². The van der Waals surface area contributed by atoms with Gasteiger partial charge >= 0.3 is 5.97 Å². The molecule has 1 aromatic carbocycles. The molecule has 30 heavy (non-hydrogen) atoms. The first-order chi connectivity index (χ1) is 14.4. The summed E-state index contributed by atoms with van der Waals surface area (Å²) in [6.45, 7) is 5.51. The molecule has 0 radical (unpaired) electrons. The Labute approximate surface area is 175 Å². The minimum Gasteiger partial charge on any atom is -0.465 e. The third-order valence-corrected chi connectivity index (χ3v) is 4.16. The molecule has 0 saturated heterocycles. The van der Waals surface area contributed by atoms with Crippen LogP contribution in [0.5, 0.6) is 0 Å². The van der Waals surface area contributed by atoms with Gasteiger partial charge in [-0.25, -0.2) is 14.2 Å². The molecule has 0 bridgehead atoms. The molecule has 7 heteroatoms. The summed E-state index contributed by atoms with van der Waals surface area (Å²) in [7, 11) is 2.97. The van der Waals surface area contributed by atoms with Crippen molar-refractivity contribution in [3.05, 3.63) is 83.1 Å². The number of carbonyl (C=O) groups is 1. The highest BCUT2D eigenvalue weighted by Crippen LogP contribution is 2.18. The van der Waals surface area contributed by atoms with Crippen LogP contribution in [-0.2, 0) is 4.74 Å². The SMILES string of the molecule is C=C/N=C(\C(C#Cc1ccc(NC)nc1)=C(/N)CC)c1ccc(C(=O)OC)c(F)c1. The predicted molar refractivity (Wildman–Crippen MR) is 117 cm³/mol. The number of hydrogen-bond acceptors (Lipinski definition) is 6. The molecule has 6 nitrogen and oxygen atoms in total. The van der Waals surface area contributed by atoms with E-state index in [0.717, 1.165) is 5.82 Å². The van der Waals surface area contributed by atoms with Gasteiger partial charge in [0, 0.05) is 36.3 Å². The minimum atomic E-state index is -0.762. The summed E-state index contributed by atoms with van der Waals surface area (Å²) in [6.07, 6.45) is 3.48. The van der Waals surface area contributed by atoms with Gasteiger partial charge in [0.05, 0.1) is 24.0 Å². The number of benzene rings is 1. The number of nitrogens with zero attached hydrogens (tertiary/aromatic N) is 2. The van der Waals surface area contributed by atoms with Gasteiger partial charge in [0.1, 0.15) is 11.6 Å². The van der Waals surface area contributed by atoms with E-state index in [4.69, 9.17) is 5.73 Å². The number of rotatable bonds is 6. The van der Waals surface area contributed by atoms with E-state index in [2.05, 4.69) is 38.4 Å². The van der Waals surface area contributed by atoms with E-state index in [1.807, 2.05) is 13.0 Å². The third kappa shape index (κ3) is 5.32. The minimum absolute atomic E-state index is 0.171. The number of pyridine rings is 1. The second-order valence-corrected chi connectivity index (χ2v) is 6.03. The quantitative estimate of drug-likeness (QED) is 0.434. The molecule has 0 saturated carbocycles. The van der Waals surface area contributed by atoms with Crippen LogP contribution in [0.15, 0.2) is 65.6 Å². The number of anilines is 1. The lowest BCUT2D eigenvalue weighted by atomic mass is 9.98. The molecule has 0 aliphatic carbocycles. The Morgan fingerprint density at radius 2 is 2.17 bits per heavy atom. The summed E-state index contributed by atoms with van der Waals surface area (Å²) < 4.78 is 19.1. The number of methoxy groups -OCH3 is 1. The topological polar surface area (TPSA) is 89.6 Å². The Bertz CT molecular complexity index is 1060. The number of nitrogens with one attached hydrogen (secondary N) is 1. The van der Waals surface area contributed by atoms with E-state index in [-0.39, 0.29) is 5.56 Å². The summed E-state index contributed by atoms with van der Waals surface area (Å²) in [4.78, 5) is 20.2. The fraction of sp³-hybridized carbons (Fsp3) is 0.174. The largest absolute Gasteiger partial charge is 0.465 e. The maximum absolute atomic E-state index is 14.5. The number of aliphatic imine (C=N–C) groups is 1. The van der Waals surface area contributed by atoms with Crippen LogP contribution in [0, 0.1) is 17.7 Å². The van der Waals surface area contributed by atoms with Crippen molar-refractivity contribution in [3.8, 4) is 11.8 Å². The number of nitrogens with two attached hydrogens (primary N) is 1. The van der Waals surface area contributed by atoms with E-state index in [0.29, 0.717) is 34.5 Å². The summed E-state index contributed by atoms with van der Waals surface area (Å²) >= 11 is 0. The number of allylic oxidation sites excluding steroid dienone is 2. The predicted octanol–water partition coefficient (Wildman–Crippen LogP) is 3.66. The van der Waals surface area contributed by atoms with E-state index in [1.54, 1.807) is 25.4 Å². The fourth-order valence-electron chi connectivity index (χ4n) is 2.53. The van der Waals surface area contributed by atoms with Gasteiger partial charge in [-0.15, -0.1) is 0 Å². The molecule has 3 N–H and O–H groups in total. The summed E-state index contributed by atoms with van der Waals surface area (Å²) in [6, 6.07) is 7.72. The van der Waals surface area contributed by atoms with Gasteiger partial charge in [-0.3, -0.25) is 4.99 Å². The first kappa shape index (κ1) is 22.4. The lowest BCUT2D eigenvalue weighted by Crippen LogP contribution is -2.13. The van der Waals surface area contributed by atoms with Crippen molar-refractivity contribution in [2.45, 2.75) is 13.3 Å². The van der Waals surface area contributed by atoms with Crippen LogP contribution < -0.4 is 11.1 Å². The van der Waals surface area contributed by atoms with Gasteiger partial charge in [0.15, 0.2) is 0 Å². The molecule has 1 aromatic heterocycles. The normalized spacial score (nSPS) is 11.7. The number of ether oxygens (including phenoxy) is 1. The van der Waals surface area contributed by atoms with Crippen LogP contribution >= 0.6 is 0 Å². The van der Waals surface area contributed by atoms with E-state index < -0.39 is 11.8 Å². The Morgan fingerprint density at radius 1 is 1.40 bits per heavy atom. The zero-order valence-electron chi connectivity index (χ0n) is 17.1. The fourth-order valence-corrected chi connectivity index (χ4v) is 2.53. The molecule has 0 amide bonds. The molecule has 0 unspecified atom stereocenters. The van der Waals surface area contributed by atoms with Crippen LogP contribution in [0.4, 0.5) is 10.2 Å². The standard InChI is InChI=1S/C23H23FN4O2/c1-5-20(25)18(10-7-15-8-12-21(26-3)28-14-15)22(27-6-2)16-9-11-17(19(24)13-16)23(29)30-4/h6,8-9,11-14H,2,5,25H2,1,3-4H3,(H,26,28)/b20-18-,27-22-. The highest BCUT2D eigenvalue weighted by Gasteiger charge is 2.17. The van der Waals surface area contributed by atoms with Crippen molar-refractivity contribution in [1.29, 1.82) is 0 Å². The number of halogens is 1. The number of carbonyl (C=O) groups excluding carboxylic acids is 1. The average molecular weight is 406 g/mol. The molecule has 2 aromatic rings. The first-order valence-electron chi connectivity index (χ1n) is 9.16.